The van der Waals surface area contributed by atoms with E-state index in [1.165, 1.54) is 12.1 Å². The lowest BCUT2D eigenvalue weighted by atomic mass is 9.93. The summed E-state index contributed by atoms with van der Waals surface area (Å²) in [5, 5.41) is 9.36. The number of benzene rings is 2. The first-order valence-electron chi connectivity index (χ1n) is 9.61. The van der Waals surface area contributed by atoms with Crippen LogP contribution in [0.2, 0.25) is 0 Å². The van der Waals surface area contributed by atoms with Gasteiger partial charge in [-0.15, -0.1) is 0 Å². The summed E-state index contributed by atoms with van der Waals surface area (Å²) in [6.45, 7) is 4.06. The molecule has 1 heterocycles. The van der Waals surface area contributed by atoms with Crippen LogP contribution in [0.15, 0.2) is 65.3 Å². The van der Waals surface area contributed by atoms with Crippen LogP contribution >= 0.6 is 0 Å². The molecule has 6 heteroatoms. The number of nitriles is 1. The second-order valence-electron chi connectivity index (χ2n) is 6.92. The Balaban J connectivity index is 1.80. The third kappa shape index (κ3) is 4.47. The molecule has 0 aliphatic carbocycles. The first kappa shape index (κ1) is 21.0. The first-order valence-corrected chi connectivity index (χ1v) is 9.61. The number of nitrogens with zero attached hydrogens (tertiary/aromatic N) is 2. The fourth-order valence-electron chi connectivity index (χ4n) is 3.13. The van der Waals surface area contributed by atoms with E-state index in [1.807, 2.05) is 13.0 Å². The molecule has 1 aliphatic rings. The molecule has 0 radical (unpaired) electrons. The monoisotopic (exact) mass is 404 g/mol. The molecule has 5 nitrogen and oxygen atoms in total. The van der Waals surface area contributed by atoms with Crippen LogP contribution in [0.1, 0.15) is 31.4 Å². The fourth-order valence-corrected chi connectivity index (χ4v) is 3.13. The van der Waals surface area contributed by atoms with Crippen molar-refractivity contribution >= 4 is 17.9 Å². The van der Waals surface area contributed by atoms with Gasteiger partial charge in [-0.25, -0.2) is 4.39 Å². The van der Waals surface area contributed by atoms with Gasteiger partial charge in [0.15, 0.2) is 0 Å². The molecular weight excluding hydrogens is 383 g/mol. The van der Waals surface area contributed by atoms with Gasteiger partial charge in [0.05, 0.1) is 0 Å². The van der Waals surface area contributed by atoms with E-state index in [1.54, 1.807) is 49.4 Å². The average molecular weight is 404 g/mol. The number of carbonyl (C=O) groups is 2. The Morgan fingerprint density at radius 2 is 1.73 bits per heavy atom. The number of hydrogen-bond donors (Lipinski definition) is 0. The molecule has 0 spiro atoms. The van der Waals surface area contributed by atoms with Gasteiger partial charge < -0.3 is 4.74 Å². The molecule has 0 saturated heterocycles. The van der Waals surface area contributed by atoms with E-state index in [0.717, 1.165) is 16.0 Å². The van der Waals surface area contributed by atoms with Gasteiger partial charge in [-0.1, -0.05) is 31.2 Å². The maximum atomic E-state index is 13.0. The molecule has 0 saturated carbocycles. The van der Waals surface area contributed by atoms with Crippen molar-refractivity contribution in [3.63, 3.8) is 0 Å². The second-order valence-corrected chi connectivity index (χ2v) is 6.92. The van der Waals surface area contributed by atoms with Crippen molar-refractivity contribution in [1.29, 1.82) is 5.26 Å². The van der Waals surface area contributed by atoms with Crippen LogP contribution in [0.3, 0.4) is 0 Å². The number of amides is 2. The van der Waals surface area contributed by atoms with Crippen LogP contribution in [0.4, 0.5) is 4.39 Å². The summed E-state index contributed by atoms with van der Waals surface area (Å²) in [6, 6.07) is 15.1. The van der Waals surface area contributed by atoms with Crippen LogP contribution in [0.5, 0.6) is 5.75 Å². The summed E-state index contributed by atoms with van der Waals surface area (Å²) in [7, 11) is 0. The number of carbonyl (C=O) groups excluding carboxylic acids is 2. The topological polar surface area (TPSA) is 70.4 Å². The van der Waals surface area contributed by atoms with Gasteiger partial charge in [-0.05, 0) is 60.4 Å². The lowest BCUT2D eigenvalue weighted by Gasteiger charge is -2.27. The van der Waals surface area contributed by atoms with E-state index < -0.39 is 11.8 Å². The largest absolute Gasteiger partial charge is 0.489 e. The van der Waals surface area contributed by atoms with E-state index in [9.17, 15) is 19.2 Å². The lowest BCUT2D eigenvalue weighted by Crippen LogP contribution is -2.43. The van der Waals surface area contributed by atoms with Crippen LogP contribution in [-0.4, -0.2) is 23.3 Å². The van der Waals surface area contributed by atoms with Gasteiger partial charge >= 0.3 is 0 Å². The molecule has 0 aromatic heterocycles. The molecular formula is C24H21FN2O3. The molecule has 2 aromatic rings. The van der Waals surface area contributed by atoms with E-state index in [4.69, 9.17) is 4.74 Å². The predicted molar refractivity (Wildman–Crippen MR) is 110 cm³/mol. The van der Waals surface area contributed by atoms with Crippen LogP contribution < -0.4 is 4.74 Å². The van der Waals surface area contributed by atoms with Gasteiger partial charge in [0.25, 0.3) is 11.8 Å². The van der Waals surface area contributed by atoms with Gasteiger partial charge in [0, 0.05) is 12.1 Å². The second kappa shape index (κ2) is 9.19. The summed E-state index contributed by atoms with van der Waals surface area (Å²) in [4.78, 5) is 26.3. The minimum atomic E-state index is -0.538. The molecule has 1 aliphatic heterocycles. The van der Waals surface area contributed by atoms with Crippen molar-refractivity contribution in [1.82, 2.24) is 4.90 Å². The normalized spacial score (nSPS) is 15.5. The number of ether oxygens (including phenoxy) is 1. The predicted octanol–water partition coefficient (Wildman–Crippen LogP) is 4.41. The quantitative estimate of drug-likeness (QED) is 0.528. The van der Waals surface area contributed by atoms with Crippen LogP contribution in [0, 0.1) is 17.1 Å². The highest BCUT2D eigenvalue weighted by Gasteiger charge is 2.34. The number of halogens is 1. The molecule has 2 aromatic carbocycles. The minimum absolute atomic E-state index is 0.00597. The zero-order chi connectivity index (χ0) is 21.7. The van der Waals surface area contributed by atoms with Gasteiger partial charge in [0.1, 0.15) is 29.8 Å². The Bertz CT molecular complexity index is 1060. The van der Waals surface area contributed by atoms with Crippen molar-refractivity contribution in [2.24, 2.45) is 0 Å². The summed E-state index contributed by atoms with van der Waals surface area (Å²) in [5.74, 6) is -0.598. The third-order valence-corrected chi connectivity index (χ3v) is 4.78. The highest BCUT2D eigenvalue weighted by Crippen LogP contribution is 2.27. The Hall–Kier alpha value is -3.72. The maximum absolute atomic E-state index is 13.0. The van der Waals surface area contributed by atoms with E-state index in [-0.39, 0.29) is 17.9 Å². The molecule has 152 valence electrons. The molecule has 0 unspecified atom stereocenters. The van der Waals surface area contributed by atoms with Crippen molar-refractivity contribution in [2.75, 3.05) is 6.54 Å². The highest BCUT2D eigenvalue weighted by atomic mass is 19.1. The molecule has 0 fully saturated rings. The first-order chi connectivity index (χ1) is 14.4. The molecule has 0 atom stereocenters. The van der Waals surface area contributed by atoms with Gasteiger partial charge in [0.2, 0.25) is 0 Å². The molecule has 30 heavy (non-hydrogen) atoms. The zero-order valence-corrected chi connectivity index (χ0v) is 16.8. The number of hydrogen-bond acceptors (Lipinski definition) is 4. The smallest absolute Gasteiger partial charge is 0.271 e. The fraction of sp³-hybridized carbons (Fsp3) is 0.208. The van der Waals surface area contributed by atoms with Gasteiger partial charge in [-0.2, -0.15) is 5.26 Å². The Morgan fingerprint density at radius 1 is 1.07 bits per heavy atom. The minimum Gasteiger partial charge on any atom is -0.489 e. The van der Waals surface area contributed by atoms with Crippen molar-refractivity contribution in [3.05, 3.63) is 82.2 Å². The molecule has 0 bridgehead atoms. The summed E-state index contributed by atoms with van der Waals surface area (Å²) in [5.41, 5.74) is 2.31. The van der Waals surface area contributed by atoms with Gasteiger partial charge in [-0.3, -0.25) is 14.5 Å². The Labute approximate surface area is 174 Å². The number of imide groups is 1. The van der Waals surface area contributed by atoms with Crippen molar-refractivity contribution in [2.45, 2.75) is 26.9 Å². The SMILES string of the molecule is CCCN1C(=O)C(C#N)=C(C)/C(=C\c2ccc(OCc3ccc(F)cc3)cc2)C1=O. The van der Waals surface area contributed by atoms with Crippen LogP contribution in [0.25, 0.3) is 6.08 Å². The number of rotatable bonds is 6. The zero-order valence-electron chi connectivity index (χ0n) is 16.8. The van der Waals surface area contributed by atoms with E-state index in [0.29, 0.717) is 29.9 Å². The third-order valence-electron chi connectivity index (χ3n) is 4.78. The van der Waals surface area contributed by atoms with E-state index in [2.05, 4.69) is 0 Å². The molecule has 0 N–H and O–H groups in total. The standard InChI is InChI=1S/C24H21FN2O3/c1-3-12-27-23(28)21(16(2)22(14-26)24(27)29)13-17-6-10-20(11-7-17)30-15-18-4-8-19(25)9-5-18/h4-11,13H,3,12,15H2,1-2H3/b21-13+. The van der Waals surface area contributed by atoms with E-state index >= 15 is 0 Å². The highest BCUT2D eigenvalue weighted by molar-refractivity contribution is 6.19. The summed E-state index contributed by atoms with van der Waals surface area (Å²) >= 11 is 0. The van der Waals surface area contributed by atoms with Crippen LogP contribution in [-0.2, 0) is 16.2 Å². The van der Waals surface area contributed by atoms with Crippen molar-refractivity contribution < 1.29 is 18.7 Å². The van der Waals surface area contributed by atoms with Crippen molar-refractivity contribution in [3.8, 4) is 11.8 Å². The maximum Gasteiger partial charge on any atom is 0.271 e. The lowest BCUT2D eigenvalue weighted by molar-refractivity contribution is -0.140. The molecule has 2 amide bonds. The molecule has 3 rings (SSSR count). The summed E-state index contributed by atoms with van der Waals surface area (Å²) < 4.78 is 18.7. The Morgan fingerprint density at radius 3 is 2.33 bits per heavy atom. The Kier molecular flexibility index (Phi) is 6.43. The average Bonchev–Trinajstić information content (AvgIpc) is 2.75. The summed E-state index contributed by atoms with van der Waals surface area (Å²) in [6.07, 6.45) is 2.29.